The molecule has 1 aromatic heterocycles. The lowest BCUT2D eigenvalue weighted by Crippen LogP contribution is -2.23. The summed E-state index contributed by atoms with van der Waals surface area (Å²) in [5.41, 5.74) is 1.00. The summed E-state index contributed by atoms with van der Waals surface area (Å²) in [6.45, 7) is 0.495. The number of carbonyl (C=O) groups excluding carboxylic acids is 1. The first-order chi connectivity index (χ1) is 5.72. The average molecular weight is 224 g/mol. The fraction of sp³-hybridized carbons (Fsp3) is 0.286. The lowest BCUT2D eigenvalue weighted by Gasteiger charge is -1.98. The van der Waals surface area contributed by atoms with Crippen LogP contribution in [0.15, 0.2) is 11.4 Å². The van der Waals surface area contributed by atoms with E-state index in [1.54, 1.807) is 0 Å². The Balaban J connectivity index is 2.38. The molecule has 1 aromatic rings. The summed E-state index contributed by atoms with van der Waals surface area (Å²) in [6, 6.07) is 1.82. The van der Waals surface area contributed by atoms with Crippen molar-refractivity contribution < 1.29 is 4.79 Å². The molecule has 0 bridgehead atoms. The predicted molar refractivity (Wildman–Crippen MR) is 51.9 cm³/mol. The van der Waals surface area contributed by atoms with Crippen LogP contribution in [0.5, 0.6) is 0 Å². The number of thiophene rings is 1. The van der Waals surface area contributed by atoms with Crippen molar-refractivity contribution in [2.24, 2.45) is 0 Å². The minimum Gasteiger partial charge on any atom is -0.351 e. The summed E-state index contributed by atoms with van der Waals surface area (Å²) in [5, 5.41) is 4.54. The van der Waals surface area contributed by atoms with Crippen molar-refractivity contribution in [3.05, 3.63) is 21.3 Å². The molecule has 1 rings (SSSR count). The third kappa shape index (κ3) is 3.01. The van der Waals surface area contributed by atoms with Gasteiger partial charge in [0.05, 0.1) is 4.34 Å². The molecule has 0 saturated heterocycles. The summed E-state index contributed by atoms with van der Waals surface area (Å²) in [4.78, 5) is 10.7. The van der Waals surface area contributed by atoms with E-state index < -0.39 is 0 Å². The Morgan fingerprint density at radius 3 is 2.92 bits per heavy atom. The molecule has 0 aliphatic carbocycles. The van der Waals surface area contributed by atoms with Crippen LogP contribution in [0, 0.1) is 0 Å². The van der Waals surface area contributed by atoms with E-state index in [-0.39, 0.29) is 11.8 Å². The van der Waals surface area contributed by atoms with Crippen LogP contribution in [0.3, 0.4) is 0 Å². The maximum Gasteiger partial charge on any atom is 0.235 e. The Morgan fingerprint density at radius 2 is 2.42 bits per heavy atom. The highest BCUT2D eigenvalue weighted by atomic mass is 35.5. The van der Waals surface area contributed by atoms with Gasteiger partial charge in [-0.25, -0.2) is 0 Å². The Bertz CT molecular complexity index is 274. The third-order valence-electron chi connectivity index (χ3n) is 1.23. The molecule has 0 aliphatic rings. The maximum atomic E-state index is 10.7. The van der Waals surface area contributed by atoms with Crippen LogP contribution in [0.2, 0.25) is 4.34 Å². The molecule has 0 aliphatic heterocycles. The summed E-state index contributed by atoms with van der Waals surface area (Å²) in [5.74, 6) is -0.170. The van der Waals surface area contributed by atoms with Gasteiger partial charge in [0, 0.05) is 6.54 Å². The monoisotopic (exact) mass is 223 g/mol. The van der Waals surface area contributed by atoms with Gasteiger partial charge in [0.2, 0.25) is 5.91 Å². The minimum atomic E-state index is -0.168. The molecule has 2 nitrogen and oxygen atoms in total. The van der Waals surface area contributed by atoms with Crippen LogP contribution in [-0.4, -0.2) is 11.8 Å². The first-order valence-corrected chi connectivity index (χ1v) is 5.07. The number of rotatable bonds is 3. The number of hydrogen-bond donors (Lipinski definition) is 1. The van der Waals surface area contributed by atoms with Gasteiger partial charge in [0.1, 0.15) is 5.88 Å². The number of halogens is 2. The van der Waals surface area contributed by atoms with Crippen molar-refractivity contribution in [2.75, 3.05) is 5.88 Å². The van der Waals surface area contributed by atoms with Crippen LogP contribution in [-0.2, 0) is 11.3 Å². The number of alkyl halides is 1. The van der Waals surface area contributed by atoms with Gasteiger partial charge in [0.25, 0.3) is 0 Å². The normalized spacial score (nSPS) is 9.83. The molecule has 0 radical (unpaired) electrons. The topological polar surface area (TPSA) is 29.1 Å². The number of hydrogen-bond acceptors (Lipinski definition) is 2. The molecule has 0 unspecified atom stereocenters. The van der Waals surface area contributed by atoms with Crippen molar-refractivity contribution in [1.82, 2.24) is 5.32 Å². The first kappa shape index (κ1) is 9.84. The standard InChI is InChI=1S/C7H7Cl2NOS/c8-2-7(11)10-3-5-1-6(9)12-4-5/h1,4H,2-3H2,(H,10,11). The van der Waals surface area contributed by atoms with E-state index in [2.05, 4.69) is 5.32 Å². The van der Waals surface area contributed by atoms with Crippen LogP contribution in [0.1, 0.15) is 5.56 Å². The Labute approximate surface area is 84.5 Å². The van der Waals surface area contributed by atoms with E-state index >= 15 is 0 Å². The van der Waals surface area contributed by atoms with Crippen LogP contribution < -0.4 is 5.32 Å². The zero-order chi connectivity index (χ0) is 8.97. The van der Waals surface area contributed by atoms with E-state index in [0.29, 0.717) is 6.54 Å². The SMILES string of the molecule is O=C(CCl)NCc1csc(Cl)c1. The molecule has 12 heavy (non-hydrogen) atoms. The molecule has 0 atom stereocenters. The highest BCUT2D eigenvalue weighted by Crippen LogP contribution is 2.19. The molecular formula is C7H7Cl2NOS. The second-order valence-corrected chi connectivity index (χ2v) is 3.98. The predicted octanol–water partition coefficient (Wildman–Crippen LogP) is 2.26. The zero-order valence-electron chi connectivity index (χ0n) is 6.14. The Hall–Kier alpha value is -0.250. The van der Waals surface area contributed by atoms with Gasteiger partial charge in [-0.2, -0.15) is 0 Å². The van der Waals surface area contributed by atoms with Crippen molar-refractivity contribution >= 4 is 40.4 Å². The number of nitrogens with one attached hydrogen (secondary N) is 1. The van der Waals surface area contributed by atoms with Crippen molar-refractivity contribution in [3.63, 3.8) is 0 Å². The Kier molecular flexibility index (Phi) is 3.85. The second kappa shape index (κ2) is 4.70. The molecule has 0 spiro atoms. The smallest absolute Gasteiger partial charge is 0.235 e. The van der Waals surface area contributed by atoms with Gasteiger partial charge in [0.15, 0.2) is 0 Å². The van der Waals surface area contributed by atoms with Gasteiger partial charge in [-0.3, -0.25) is 4.79 Å². The number of carbonyl (C=O) groups is 1. The highest BCUT2D eigenvalue weighted by molar-refractivity contribution is 7.14. The lowest BCUT2D eigenvalue weighted by atomic mass is 10.3. The van der Waals surface area contributed by atoms with Gasteiger partial charge < -0.3 is 5.32 Å². The molecule has 5 heteroatoms. The van der Waals surface area contributed by atoms with Crippen molar-refractivity contribution in [3.8, 4) is 0 Å². The van der Waals surface area contributed by atoms with E-state index in [0.717, 1.165) is 9.90 Å². The molecule has 1 N–H and O–H groups in total. The maximum absolute atomic E-state index is 10.7. The Morgan fingerprint density at radius 1 is 1.67 bits per heavy atom. The summed E-state index contributed by atoms with van der Waals surface area (Å²) in [7, 11) is 0. The first-order valence-electron chi connectivity index (χ1n) is 3.28. The highest BCUT2D eigenvalue weighted by Gasteiger charge is 2.00. The molecular weight excluding hydrogens is 217 g/mol. The molecule has 1 heterocycles. The summed E-state index contributed by atoms with van der Waals surface area (Å²) in [6.07, 6.45) is 0. The average Bonchev–Trinajstić information content (AvgIpc) is 2.47. The van der Waals surface area contributed by atoms with Gasteiger partial charge >= 0.3 is 0 Å². The van der Waals surface area contributed by atoms with Crippen LogP contribution in [0.25, 0.3) is 0 Å². The van der Waals surface area contributed by atoms with Gasteiger partial charge in [-0.1, -0.05) is 11.6 Å². The molecule has 0 saturated carbocycles. The van der Waals surface area contributed by atoms with Crippen LogP contribution in [0.4, 0.5) is 0 Å². The minimum absolute atomic E-state index is 0.00211. The second-order valence-electron chi connectivity index (χ2n) is 2.17. The van der Waals surface area contributed by atoms with E-state index in [4.69, 9.17) is 23.2 Å². The van der Waals surface area contributed by atoms with Gasteiger partial charge in [-0.15, -0.1) is 22.9 Å². The quantitative estimate of drug-likeness (QED) is 0.784. The van der Waals surface area contributed by atoms with Crippen molar-refractivity contribution in [2.45, 2.75) is 6.54 Å². The molecule has 66 valence electrons. The third-order valence-corrected chi connectivity index (χ3v) is 2.62. The fourth-order valence-corrected chi connectivity index (χ4v) is 1.69. The molecule has 0 fully saturated rings. The summed E-state index contributed by atoms with van der Waals surface area (Å²) < 4.78 is 0.727. The van der Waals surface area contributed by atoms with E-state index in [1.165, 1.54) is 11.3 Å². The fourth-order valence-electron chi connectivity index (χ4n) is 0.686. The largest absolute Gasteiger partial charge is 0.351 e. The number of amides is 1. The van der Waals surface area contributed by atoms with Gasteiger partial charge in [-0.05, 0) is 17.0 Å². The van der Waals surface area contributed by atoms with E-state index in [1.807, 2.05) is 11.4 Å². The molecule has 1 amide bonds. The molecule has 0 aromatic carbocycles. The van der Waals surface area contributed by atoms with E-state index in [9.17, 15) is 4.79 Å². The lowest BCUT2D eigenvalue weighted by molar-refractivity contribution is -0.118. The summed E-state index contributed by atoms with van der Waals surface area (Å²) >= 11 is 12.4. The zero-order valence-corrected chi connectivity index (χ0v) is 8.47. The van der Waals surface area contributed by atoms with Crippen LogP contribution >= 0.6 is 34.5 Å². The van der Waals surface area contributed by atoms with Crippen molar-refractivity contribution in [1.29, 1.82) is 0 Å².